The van der Waals surface area contributed by atoms with Gasteiger partial charge in [-0.05, 0) is 31.2 Å². The van der Waals surface area contributed by atoms with Crippen LogP contribution in [0.3, 0.4) is 0 Å². The van der Waals surface area contributed by atoms with Crippen LogP contribution in [0.15, 0.2) is 24.3 Å². The number of carbonyl (C=O) groups excluding carboxylic acids is 2. The van der Waals surface area contributed by atoms with Crippen LogP contribution in [0.2, 0.25) is 0 Å². The molecule has 0 fully saturated rings. The van der Waals surface area contributed by atoms with Crippen molar-refractivity contribution in [3.05, 3.63) is 24.3 Å². The van der Waals surface area contributed by atoms with Crippen molar-refractivity contribution in [2.24, 2.45) is 5.41 Å². The highest BCUT2D eigenvalue weighted by atomic mass is 16.5. The summed E-state index contributed by atoms with van der Waals surface area (Å²) in [6.45, 7) is 10.5. The van der Waals surface area contributed by atoms with Crippen molar-refractivity contribution in [2.45, 2.75) is 34.6 Å². The predicted molar refractivity (Wildman–Crippen MR) is 88.1 cm³/mol. The van der Waals surface area contributed by atoms with Crippen LogP contribution in [-0.4, -0.2) is 31.5 Å². The van der Waals surface area contributed by atoms with E-state index < -0.39 is 5.41 Å². The van der Waals surface area contributed by atoms with E-state index in [4.69, 9.17) is 4.74 Å². The molecule has 1 aromatic carbocycles. The van der Waals surface area contributed by atoms with E-state index in [-0.39, 0.29) is 11.8 Å². The second-order valence-electron chi connectivity index (χ2n) is 6.10. The SMILES string of the molecule is CCOc1ccc(N(CCNC(=O)C(C)(C)C)C(C)=O)cc1. The number of rotatable bonds is 6. The quantitative estimate of drug-likeness (QED) is 0.879. The van der Waals surface area contributed by atoms with E-state index in [1.54, 1.807) is 4.90 Å². The van der Waals surface area contributed by atoms with Gasteiger partial charge in [0.2, 0.25) is 11.8 Å². The van der Waals surface area contributed by atoms with Crippen molar-refractivity contribution in [3.8, 4) is 5.75 Å². The van der Waals surface area contributed by atoms with Gasteiger partial charge in [0, 0.05) is 31.1 Å². The number of carbonyl (C=O) groups is 2. The maximum atomic E-state index is 11.8. The first kappa shape index (κ1) is 18.0. The van der Waals surface area contributed by atoms with E-state index in [0.717, 1.165) is 11.4 Å². The normalized spacial score (nSPS) is 11.0. The summed E-state index contributed by atoms with van der Waals surface area (Å²) in [5.41, 5.74) is 0.362. The number of ether oxygens (including phenoxy) is 1. The Morgan fingerprint density at radius 2 is 1.77 bits per heavy atom. The Balaban J connectivity index is 2.66. The molecule has 0 aliphatic carbocycles. The minimum absolute atomic E-state index is 0.0253. The average Bonchev–Trinajstić information content (AvgIpc) is 2.43. The van der Waals surface area contributed by atoms with Crippen molar-refractivity contribution in [1.29, 1.82) is 0 Å². The van der Waals surface area contributed by atoms with Gasteiger partial charge in [-0.25, -0.2) is 0 Å². The minimum Gasteiger partial charge on any atom is -0.494 e. The van der Waals surface area contributed by atoms with Gasteiger partial charge < -0.3 is 15.0 Å². The standard InChI is InChI=1S/C17H26N2O3/c1-6-22-15-9-7-14(8-10-15)19(13(2)20)12-11-18-16(21)17(3,4)5/h7-10H,6,11-12H2,1-5H3,(H,18,21). The Kier molecular flexibility index (Phi) is 6.40. The smallest absolute Gasteiger partial charge is 0.225 e. The molecule has 0 radical (unpaired) electrons. The highest BCUT2D eigenvalue weighted by Gasteiger charge is 2.21. The summed E-state index contributed by atoms with van der Waals surface area (Å²) >= 11 is 0. The first-order valence-corrected chi connectivity index (χ1v) is 7.55. The van der Waals surface area contributed by atoms with Crippen LogP contribution in [0.4, 0.5) is 5.69 Å². The van der Waals surface area contributed by atoms with Gasteiger partial charge in [-0.2, -0.15) is 0 Å². The zero-order valence-electron chi connectivity index (χ0n) is 14.1. The molecule has 1 rings (SSSR count). The van der Waals surface area contributed by atoms with Gasteiger partial charge in [0.25, 0.3) is 0 Å². The number of hydrogen-bond donors (Lipinski definition) is 1. The monoisotopic (exact) mass is 306 g/mol. The molecule has 0 aliphatic heterocycles. The van der Waals surface area contributed by atoms with Crippen LogP contribution >= 0.6 is 0 Å². The summed E-state index contributed by atoms with van der Waals surface area (Å²) in [5, 5.41) is 2.85. The van der Waals surface area contributed by atoms with Gasteiger partial charge in [0.1, 0.15) is 5.75 Å². The van der Waals surface area contributed by atoms with Crippen molar-refractivity contribution >= 4 is 17.5 Å². The first-order valence-electron chi connectivity index (χ1n) is 7.55. The molecule has 5 nitrogen and oxygen atoms in total. The van der Waals surface area contributed by atoms with Crippen molar-refractivity contribution in [1.82, 2.24) is 5.32 Å². The highest BCUT2D eigenvalue weighted by Crippen LogP contribution is 2.19. The van der Waals surface area contributed by atoms with Gasteiger partial charge in [0.15, 0.2) is 0 Å². The lowest BCUT2D eigenvalue weighted by Crippen LogP contribution is -2.41. The van der Waals surface area contributed by atoms with Gasteiger partial charge in [-0.3, -0.25) is 9.59 Å². The largest absolute Gasteiger partial charge is 0.494 e. The zero-order valence-corrected chi connectivity index (χ0v) is 14.1. The lowest BCUT2D eigenvalue weighted by molar-refractivity contribution is -0.128. The molecule has 0 saturated carbocycles. The van der Waals surface area contributed by atoms with Gasteiger partial charge in [-0.15, -0.1) is 0 Å². The fourth-order valence-corrected chi connectivity index (χ4v) is 1.90. The van der Waals surface area contributed by atoms with Crippen molar-refractivity contribution < 1.29 is 14.3 Å². The van der Waals surface area contributed by atoms with Crippen LogP contribution in [-0.2, 0) is 9.59 Å². The van der Waals surface area contributed by atoms with E-state index >= 15 is 0 Å². The van der Waals surface area contributed by atoms with E-state index in [2.05, 4.69) is 5.32 Å². The minimum atomic E-state index is -0.430. The molecule has 0 saturated heterocycles. The molecule has 1 aromatic rings. The van der Waals surface area contributed by atoms with Crippen LogP contribution in [0.5, 0.6) is 5.75 Å². The molecule has 122 valence electrons. The van der Waals surface area contributed by atoms with Crippen molar-refractivity contribution in [3.63, 3.8) is 0 Å². The average molecular weight is 306 g/mol. The Morgan fingerprint density at radius 3 is 2.23 bits per heavy atom. The summed E-state index contributed by atoms with van der Waals surface area (Å²) in [7, 11) is 0. The molecule has 1 N–H and O–H groups in total. The summed E-state index contributed by atoms with van der Waals surface area (Å²) in [6, 6.07) is 7.36. The molecule has 2 amide bonds. The fourth-order valence-electron chi connectivity index (χ4n) is 1.90. The molecular formula is C17H26N2O3. The Labute approximate surface area is 132 Å². The Hall–Kier alpha value is -2.04. The van der Waals surface area contributed by atoms with Crippen LogP contribution < -0.4 is 15.0 Å². The first-order chi connectivity index (χ1) is 10.3. The second kappa shape index (κ2) is 7.82. The third kappa shape index (κ3) is 5.39. The molecule has 0 atom stereocenters. The van der Waals surface area contributed by atoms with Crippen LogP contribution in [0, 0.1) is 5.41 Å². The van der Waals surface area contributed by atoms with Gasteiger partial charge in [0.05, 0.1) is 6.61 Å². The third-order valence-electron chi connectivity index (χ3n) is 3.14. The Morgan fingerprint density at radius 1 is 1.18 bits per heavy atom. The molecule has 5 heteroatoms. The third-order valence-corrected chi connectivity index (χ3v) is 3.14. The van der Waals surface area contributed by atoms with E-state index in [1.165, 1.54) is 6.92 Å². The van der Waals surface area contributed by atoms with Crippen LogP contribution in [0.1, 0.15) is 34.6 Å². The molecule has 0 heterocycles. The van der Waals surface area contributed by atoms with Gasteiger partial charge >= 0.3 is 0 Å². The molecule has 0 bridgehead atoms. The Bertz CT molecular complexity index is 504. The lowest BCUT2D eigenvalue weighted by Gasteiger charge is -2.23. The number of anilines is 1. The highest BCUT2D eigenvalue weighted by molar-refractivity contribution is 5.91. The van der Waals surface area contributed by atoms with Crippen LogP contribution in [0.25, 0.3) is 0 Å². The number of nitrogens with one attached hydrogen (secondary N) is 1. The molecule has 0 spiro atoms. The maximum Gasteiger partial charge on any atom is 0.225 e. The molecular weight excluding hydrogens is 280 g/mol. The second-order valence-corrected chi connectivity index (χ2v) is 6.10. The number of nitrogens with zero attached hydrogens (tertiary/aromatic N) is 1. The molecule has 0 aliphatic rings. The molecule has 22 heavy (non-hydrogen) atoms. The summed E-state index contributed by atoms with van der Waals surface area (Å²) < 4.78 is 5.39. The number of amides is 2. The zero-order chi connectivity index (χ0) is 16.8. The van der Waals surface area contributed by atoms with E-state index in [0.29, 0.717) is 19.7 Å². The summed E-state index contributed by atoms with van der Waals surface area (Å²) in [4.78, 5) is 25.3. The summed E-state index contributed by atoms with van der Waals surface area (Å²) in [5.74, 6) is 0.688. The van der Waals surface area contributed by atoms with E-state index in [1.807, 2.05) is 52.0 Å². The number of hydrogen-bond acceptors (Lipinski definition) is 3. The van der Waals surface area contributed by atoms with Crippen molar-refractivity contribution in [2.75, 3.05) is 24.6 Å². The van der Waals surface area contributed by atoms with E-state index in [9.17, 15) is 9.59 Å². The number of benzene rings is 1. The topological polar surface area (TPSA) is 58.6 Å². The summed E-state index contributed by atoms with van der Waals surface area (Å²) in [6.07, 6.45) is 0. The molecule has 0 aromatic heterocycles. The fraction of sp³-hybridized carbons (Fsp3) is 0.529. The predicted octanol–water partition coefficient (Wildman–Crippen LogP) is 2.60. The lowest BCUT2D eigenvalue weighted by atomic mass is 9.96. The molecule has 0 unspecified atom stereocenters. The maximum absolute atomic E-state index is 11.8. The van der Waals surface area contributed by atoms with Gasteiger partial charge in [-0.1, -0.05) is 20.8 Å².